The van der Waals surface area contributed by atoms with Gasteiger partial charge in [-0.25, -0.2) is 4.79 Å². The predicted molar refractivity (Wildman–Crippen MR) is 93.0 cm³/mol. The molecular weight excluding hydrogens is 365 g/mol. The summed E-state index contributed by atoms with van der Waals surface area (Å²) < 4.78 is 46.6. The molecule has 0 aliphatic heterocycles. The van der Waals surface area contributed by atoms with Gasteiger partial charge in [-0.15, -0.1) is 13.2 Å². The molecule has 0 bridgehead atoms. The van der Waals surface area contributed by atoms with Crippen molar-refractivity contribution in [3.8, 4) is 17.2 Å². The maximum atomic E-state index is 12.5. The molecule has 0 saturated carbocycles. The molecule has 1 amide bonds. The SMILES string of the molecule is CNC(=O)Oc1cc(C)c(N=Cc2c(O)cccc2OC(F)(F)F)c(C)c1. The van der Waals surface area contributed by atoms with Gasteiger partial charge in [-0.3, -0.25) is 4.99 Å². The molecule has 144 valence electrons. The summed E-state index contributed by atoms with van der Waals surface area (Å²) in [6, 6.07) is 6.66. The lowest BCUT2D eigenvalue weighted by atomic mass is 10.1. The maximum absolute atomic E-state index is 12.5. The summed E-state index contributed by atoms with van der Waals surface area (Å²) in [5, 5.41) is 12.2. The highest BCUT2D eigenvalue weighted by molar-refractivity contribution is 5.89. The Morgan fingerprint density at radius 2 is 1.85 bits per heavy atom. The normalized spacial score (nSPS) is 11.5. The van der Waals surface area contributed by atoms with Crippen LogP contribution in [0.4, 0.5) is 23.7 Å². The van der Waals surface area contributed by atoms with E-state index in [9.17, 15) is 23.1 Å². The molecule has 0 aliphatic rings. The van der Waals surface area contributed by atoms with Gasteiger partial charge in [0.05, 0.1) is 11.3 Å². The Morgan fingerprint density at radius 3 is 2.41 bits per heavy atom. The Morgan fingerprint density at radius 1 is 1.22 bits per heavy atom. The van der Waals surface area contributed by atoms with Crippen molar-refractivity contribution in [2.45, 2.75) is 20.2 Å². The van der Waals surface area contributed by atoms with Crippen LogP contribution in [-0.4, -0.2) is 30.8 Å². The van der Waals surface area contributed by atoms with Crippen molar-refractivity contribution >= 4 is 18.0 Å². The number of aromatic hydroxyl groups is 1. The van der Waals surface area contributed by atoms with Crippen LogP contribution in [0.25, 0.3) is 0 Å². The maximum Gasteiger partial charge on any atom is 0.573 e. The third kappa shape index (κ3) is 5.37. The van der Waals surface area contributed by atoms with Gasteiger partial charge in [-0.2, -0.15) is 0 Å². The van der Waals surface area contributed by atoms with Crippen LogP contribution in [0.3, 0.4) is 0 Å². The highest BCUT2D eigenvalue weighted by Crippen LogP contribution is 2.33. The van der Waals surface area contributed by atoms with E-state index < -0.39 is 24.0 Å². The minimum atomic E-state index is -4.90. The number of ether oxygens (including phenoxy) is 2. The second-order valence-electron chi connectivity index (χ2n) is 5.54. The number of carbonyl (C=O) groups excluding carboxylic acids is 1. The molecule has 6 nitrogen and oxygen atoms in total. The largest absolute Gasteiger partial charge is 0.573 e. The van der Waals surface area contributed by atoms with Gasteiger partial charge < -0.3 is 19.9 Å². The molecule has 0 radical (unpaired) electrons. The van der Waals surface area contributed by atoms with Crippen LogP contribution in [0.2, 0.25) is 0 Å². The number of alkyl halides is 3. The molecule has 0 unspecified atom stereocenters. The molecule has 0 atom stereocenters. The number of phenolic OH excluding ortho intramolecular Hbond substituents is 1. The molecule has 9 heteroatoms. The molecule has 2 aromatic rings. The summed E-state index contributed by atoms with van der Waals surface area (Å²) in [6.07, 6.45) is -4.44. The zero-order valence-corrected chi connectivity index (χ0v) is 14.7. The summed E-state index contributed by atoms with van der Waals surface area (Å²) in [5.74, 6) is -0.677. The number of nitrogens with zero attached hydrogens (tertiary/aromatic N) is 1. The number of hydrogen-bond acceptors (Lipinski definition) is 5. The second kappa shape index (κ2) is 7.98. The number of rotatable bonds is 4. The molecular formula is C18H17F3N2O4. The summed E-state index contributed by atoms with van der Waals surface area (Å²) in [7, 11) is 1.42. The Bertz CT molecular complexity index is 856. The number of nitrogens with one attached hydrogen (secondary N) is 1. The second-order valence-corrected chi connectivity index (χ2v) is 5.54. The topological polar surface area (TPSA) is 80.2 Å². The lowest BCUT2D eigenvalue weighted by molar-refractivity contribution is -0.274. The molecule has 0 aliphatic carbocycles. The van der Waals surface area contributed by atoms with E-state index in [1.54, 1.807) is 26.0 Å². The third-order valence-electron chi connectivity index (χ3n) is 3.47. The van der Waals surface area contributed by atoms with Crippen molar-refractivity contribution in [3.63, 3.8) is 0 Å². The van der Waals surface area contributed by atoms with Crippen LogP contribution >= 0.6 is 0 Å². The van der Waals surface area contributed by atoms with E-state index in [0.29, 0.717) is 22.6 Å². The number of benzene rings is 2. The monoisotopic (exact) mass is 382 g/mol. The Kier molecular flexibility index (Phi) is 5.94. The van der Waals surface area contributed by atoms with Crippen molar-refractivity contribution in [1.82, 2.24) is 5.32 Å². The fraction of sp³-hybridized carbons (Fsp3) is 0.222. The molecule has 0 spiro atoms. The van der Waals surface area contributed by atoms with E-state index in [1.165, 1.54) is 19.2 Å². The third-order valence-corrected chi connectivity index (χ3v) is 3.47. The Hall–Kier alpha value is -3.23. The summed E-state index contributed by atoms with van der Waals surface area (Å²) in [5.41, 5.74) is 1.50. The average Bonchev–Trinajstić information content (AvgIpc) is 2.54. The van der Waals surface area contributed by atoms with E-state index in [0.717, 1.165) is 12.3 Å². The first-order chi connectivity index (χ1) is 12.6. The standard InChI is InChI=1S/C18H17F3N2O4/c1-10-7-12(26-17(25)22-3)8-11(2)16(10)23-9-13-14(24)5-4-6-15(13)27-18(19,20)21/h4-9,24H,1-3H3,(H,22,25). The van der Waals surface area contributed by atoms with Crippen LogP contribution in [0.1, 0.15) is 16.7 Å². The van der Waals surface area contributed by atoms with Gasteiger partial charge in [0.1, 0.15) is 17.2 Å². The van der Waals surface area contributed by atoms with E-state index in [-0.39, 0.29) is 5.56 Å². The first-order valence-electron chi connectivity index (χ1n) is 7.73. The molecule has 2 aromatic carbocycles. The number of halogens is 3. The van der Waals surface area contributed by atoms with Crippen molar-refractivity contribution in [2.75, 3.05) is 7.05 Å². The van der Waals surface area contributed by atoms with Crippen molar-refractivity contribution < 1.29 is 32.5 Å². The lowest BCUT2D eigenvalue weighted by Crippen LogP contribution is -2.22. The summed E-state index contributed by atoms with van der Waals surface area (Å²) >= 11 is 0. The van der Waals surface area contributed by atoms with E-state index in [4.69, 9.17) is 4.74 Å². The molecule has 2 N–H and O–H groups in total. The minimum absolute atomic E-state index is 0.209. The molecule has 0 saturated heterocycles. The van der Waals surface area contributed by atoms with Crippen LogP contribution in [-0.2, 0) is 0 Å². The van der Waals surface area contributed by atoms with Gasteiger partial charge in [0.2, 0.25) is 0 Å². The van der Waals surface area contributed by atoms with Crippen LogP contribution in [0, 0.1) is 13.8 Å². The van der Waals surface area contributed by atoms with E-state index >= 15 is 0 Å². The minimum Gasteiger partial charge on any atom is -0.507 e. The fourth-order valence-electron chi connectivity index (χ4n) is 2.34. The van der Waals surface area contributed by atoms with Crippen molar-refractivity contribution in [1.29, 1.82) is 0 Å². The average molecular weight is 382 g/mol. The van der Waals surface area contributed by atoms with Crippen molar-refractivity contribution in [3.05, 3.63) is 47.0 Å². The molecule has 27 heavy (non-hydrogen) atoms. The molecule has 2 rings (SSSR count). The molecule has 0 heterocycles. The number of aliphatic imine (C=N–C) groups is 1. The highest BCUT2D eigenvalue weighted by atomic mass is 19.4. The van der Waals surface area contributed by atoms with Crippen LogP contribution < -0.4 is 14.8 Å². The Labute approximate surface area is 153 Å². The number of phenols is 1. The summed E-state index contributed by atoms with van der Waals surface area (Å²) in [6.45, 7) is 3.41. The van der Waals surface area contributed by atoms with Gasteiger partial charge in [0.25, 0.3) is 0 Å². The van der Waals surface area contributed by atoms with Gasteiger partial charge in [0, 0.05) is 13.3 Å². The quantitative estimate of drug-likeness (QED) is 0.770. The molecule has 0 aromatic heterocycles. The van der Waals surface area contributed by atoms with Gasteiger partial charge >= 0.3 is 12.5 Å². The first kappa shape index (κ1) is 20.1. The van der Waals surface area contributed by atoms with Gasteiger partial charge in [0.15, 0.2) is 0 Å². The molecule has 0 fully saturated rings. The number of hydrogen-bond donors (Lipinski definition) is 2. The van der Waals surface area contributed by atoms with E-state index in [2.05, 4.69) is 15.0 Å². The van der Waals surface area contributed by atoms with Crippen LogP contribution in [0.5, 0.6) is 17.2 Å². The number of carbonyl (C=O) groups is 1. The zero-order chi connectivity index (χ0) is 20.2. The summed E-state index contributed by atoms with van der Waals surface area (Å²) in [4.78, 5) is 15.5. The van der Waals surface area contributed by atoms with Crippen molar-refractivity contribution in [2.24, 2.45) is 4.99 Å². The van der Waals surface area contributed by atoms with E-state index in [1.807, 2.05) is 0 Å². The number of aryl methyl sites for hydroxylation is 2. The van der Waals surface area contributed by atoms with Gasteiger partial charge in [-0.1, -0.05) is 6.07 Å². The smallest absolute Gasteiger partial charge is 0.507 e. The first-order valence-corrected chi connectivity index (χ1v) is 7.73. The fourth-order valence-corrected chi connectivity index (χ4v) is 2.34. The predicted octanol–water partition coefficient (Wildman–Crippen LogP) is 4.38. The number of amides is 1. The lowest BCUT2D eigenvalue weighted by Gasteiger charge is -2.12. The highest BCUT2D eigenvalue weighted by Gasteiger charge is 2.32. The zero-order valence-electron chi connectivity index (χ0n) is 14.7. The van der Waals surface area contributed by atoms with Crippen LogP contribution in [0.15, 0.2) is 35.3 Å². The Balaban J connectivity index is 2.37. The van der Waals surface area contributed by atoms with Gasteiger partial charge in [-0.05, 0) is 49.2 Å².